The smallest absolute Gasteiger partial charge is 0.870 e. The molecule has 0 saturated carbocycles. The molecule has 11 heteroatoms. The minimum absolute atomic E-state index is 0. The van der Waals surface area contributed by atoms with Crippen LogP contribution in [0.25, 0.3) is 0 Å². The number of carbonyl (C=O) groups is 2. The molecule has 2 heterocycles. The summed E-state index contributed by atoms with van der Waals surface area (Å²) in [6.45, 7) is 12.3. The second-order valence-electron chi connectivity index (χ2n) is 9.98. The Morgan fingerprint density at radius 3 is 1.41 bits per heavy atom. The van der Waals surface area contributed by atoms with Crippen LogP contribution in [0.3, 0.4) is 0 Å². The molecular formula is C33H41LiN4O6. The van der Waals surface area contributed by atoms with Crippen LogP contribution in [0.1, 0.15) is 80.0 Å². The number of pyridine rings is 2. The van der Waals surface area contributed by atoms with E-state index in [1.807, 2.05) is 50.2 Å². The number of carboxylic acids is 1. The molecule has 0 saturated heterocycles. The first-order chi connectivity index (χ1) is 19.5. The average Bonchev–Trinajstić information content (AvgIpc) is 2.97. The molecule has 2 aromatic carbocycles. The average molecular weight is 597 g/mol. The molecule has 2 aromatic heterocycles. The van der Waals surface area contributed by atoms with Crippen molar-refractivity contribution in [3.63, 3.8) is 0 Å². The fraction of sp³-hybridized carbons (Fsp3) is 0.273. The fourth-order valence-corrected chi connectivity index (χ4v) is 4.07. The minimum atomic E-state index is -0.909. The summed E-state index contributed by atoms with van der Waals surface area (Å²) >= 11 is 0. The summed E-state index contributed by atoms with van der Waals surface area (Å²) in [5, 5.41) is 15.7. The number of hydrogen-bond acceptors (Lipinski definition) is 8. The van der Waals surface area contributed by atoms with Gasteiger partial charge in [0.1, 0.15) is 11.6 Å². The molecule has 4 aromatic rings. The predicted octanol–water partition coefficient (Wildman–Crippen LogP) is 3.23. The van der Waals surface area contributed by atoms with Crippen LogP contribution in [0, 0.1) is 27.7 Å². The Hall–Kier alpha value is -4.20. The van der Waals surface area contributed by atoms with E-state index in [0.29, 0.717) is 11.1 Å². The summed E-state index contributed by atoms with van der Waals surface area (Å²) in [6.07, 6.45) is 3.59. The molecule has 44 heavy (non-hydrogen) atoms. The number of carboxylic acid groups (broad SMARTS) is 1. The van der Waals surface area contributed by atoms with Crippen LogP contribution in [-0.4, -0.2) is 45.1 Å². The number of aromatic nitrogens is 2. The predicted molar refractivity (Wildman–Crippen MR) is 168 cm³/mol. The molecule has 2 atom stereocenters. The summed E-state index contributed by atoms with van der Waals surface area (Å²) in [7, 11) is 1.38. The van der Waals surface area contributed by atoms with Gasteiger partial charge < -0.3 is 31.4 Å². The molecule has 230 valence electrons. The van der Waals surface area contributed by atoms with E-state index in [1.54, 1.807) is 36.7 Å². The third-order valence-electron chi connectivity index (χ3n) is 7.15. The normalized spacial score (nSPS) is 11.1. The first kappa shape index (κ1) is 39.8. The molecule has 0 aliphatic heterocycles. The van der Waals surface area contributed by atoms with Crippen molar-refractivity contribution >= 4 is 23.6 Å². The second kappa shape index (κ2) is 18.5. The van der Waals surface area contributed by atoms with Crippen LogP contribution in [-0.2, 0) is 4.74 Å². The monoisotopic (exact) mass is 596 g/mol. The molecule has 0 aliphatic rings. The number of benzene rings is 2. The summed E-state index contributed by atoms with van der Waals surface area (Å²) in [5.41, 5.74) is 7.64. The molecule has 10 nitrogen and oxygen atoms in total. The van der Waals surface area contributed by atoms with Crippen LogP contribution in [0.15, 0.2) is 73.1 Å². The largest absolute Gasteiger partial charge is 1.00 e. The second-order valence-corrected chi connectivity index (χ2v) is 9.98. The molecule has 0 spiro atoms. The Morgan fingerprint density at radius 1 is 0.705 bits per heavy atom. The Morgan fingerprint density at radius 2 is 1.07 bits per heavy atom. The first-order valence-electron chi connectivity index (χ1n) is 13.4. The van der Waals surface area contributed by atoms with Gasteiger partial charge in [0, 0.05) is 24.5 Å². The molecule has 4 rings (SSSR count). The maximum Gasteiger partial charge on any atom is 1.00 e. The van der Waals surface area contributed by atoms with E-state index in [0.717, 1.165) is 33.9 Å². The molecule has 0 radical (unpaired) electrons. The maximum atomic E-state index is 11.4. The van der Waals surface area contributed by atoms with E-state index in [2.05, 4.69) is 48.3 Å². The van der Waals surface area contributed by atoms with Gasteiger partial charge in [-0.3, -0.25) is 0 Å². The molecule has 0 bridgehead atoms. The zero-order valence-corrected chi connectivity index (χ0v) is 26.6. The van der Waals surface area contributed by atoms with Crippen LogP contribution >= 0.6 is 0 Å². The number of aryl methyl sites for hydroxylation is 2. The zero-order valence-electron chi connectivity index (χ0n) is 26.6. The van der Waals surface area contributed by atoms with Crippen LogP contribution < -0.4 is 29.5 Å². The topological polar surface area (TPSA) is 175 Å². The zero-order chi connectivity index (χ0) is 30.1. The number of nitrogens with one attached hydrogen (secondary N) is 2. The quantitative estimate of drug-likeness (QED) is 0.204. The number of esters is 1. The number of anilines is 2. The number of methoxy groups -OCH3 is 1. The van der Waals surface area contributed by atoms with Crippen molar-refractivity contribution in [1.82, 2.24) is 9.97 Å². The first-order valence-corrected chi connectivity index (χ1v) is 13.4. The Bertz CT molecular complexity index is 1500. The van der Waals surface area contributed by atoms with Crippen LogP contribution in [0.4, 0.5) is 11.6 Å². The van der Waals surface area contributed by atoms with Crippen molar-refractivity contribution in [3.05, 3.63) is 118 Å². The van der Waals surface area contributed by atoms with Gasteiger partial charge in [-0.2, -0.15) is 0 Å². The molecule has 0 fully saturated rings. The minimum Gasteiger partial charge on any atom is -0.870 e. The van der Waals surface area contributed by atoms with Crippen molar-refractivity contribution in [2.24, 2.45) is 0 Å². The number of carbonyl (C=O) groups excluding carboxylic acids is 1. The van der Waals surface area contributed by atoms with Crippen LogP contribution in [0.2, 0.25) is 0 Å². The van der Waals surface area contributed by atoms with Crippen molar-refractivity contribution in [2.75, 3.05) is 17.7 Å². The third kappa shape index (κ3) is 10.5. The van der Waals surface area contributed by atoms with Gasteiger partial charge in [-0.05, 0) is 111 Å². The van der Waals surface area contributed by atoms with Gasteiger partial charge in [-0.1, -0.05) is 24.3 Å². The summed E-state index contributed by atoms with van der Waals surface area (Å²) < 4.78 is 4.70. The molecule has 2 unspecified atom stereocenters. The number of rotatable bonds is 8. The van der Waals surface area contributed by atoms with Gasteiger partial charge in [0.15, 0.2) is 0 Å². The molecule has 0 amide bonds. The summed E-state index contributed by atoms with van der Waals surface area (Å²) in [4.78, 5) is 31.0. The standard InChI is InChI=1S/C17H20N2O2.C16H18N2O2.Li.2H2O/c1-11-9-10-18-16(12(11)2)19-13(3)14-5-7-15(8-6-14)17(20)21-4;1-10-8-9-17-15(11(10)2)18-12(3)13-4-6-14(7-5-13)16(19)20;;;/h5-10,13H,1-4H3,(H,18,19);4-9,12H,1-3H3,(H,17,18)(H,19,20);;2*1H2/q;;+1;;/p-1. The van der Waals surface area contributed by atoms with E-state index in [1.165, 1.54) is 18.2 Å². The van der Waals surface area contributed by atoms with Gasteiger partial charge in [-0.15, -0.1) is 0 Å². The van der Waals surface area contributed by atoms with Gasteiger partial charge in [0.25, 0.3) is 0 Å². The Labute approximate surface area is 271 Å². The molecule has 0 aliphatic carbocycles. The van der Waals surface area contributed by atoms with Gasteiger partial charge in [0.2, 0.25) is 0 Å². The molecule has 6 N–H and O–H groups in total. The number of aromatic carboxylic acids is 1. The SMILES string of the molecule is COC(=O)c1ccc(C(C)Nc2nccc(C)c2C)cc1.Cc1ccnc(NC(C)c2ccc(C(=O)O)cc2)c1C.O.[Li+].[OH-]. The number of hydrogen-bond donors (Lipinski definition) is 3. The van der Waals surface area contributed by atoms with Crippen molar-refractivity contribution in [3.8, 4) is 0 Å². The Kier molecular flexibility index (Phi) is 16.7. The van der Waals surface area contributed by atoms with E-state index >= 15 is 0 Å². The maximum absolute atomic E-state index is 11.4. The van der Waals surface area contributed by atoms with Crippen molar-refractivity contribution in [1.29, 1.82) is 0 Å². The van der Waals surface area contributed by atoms with Crippen molar-refractivity contribution < 1.29 is 49.2 Å². The van der Waals surface area contributed by atoms with E-state index in [4.69, 9.17) is 9.84 Å². The van der Waals surface area contributed by atoms with Gasteiger partial charge in [0.05, 0.1) is 18.2 Å². The van der Waals surface area contributed by atoms with Gasteiger partial charge >= 0.3 is 30.8 Å². The Balaban J connectivity index is 0.000000788. The summed E-state index contributed by atoms with van der Waals surface area (Å²) in [6, 6.07) is 18.4. The molecular weight excluding hydrogens is 555 g/mol. The van der Waals surface area contributed by atoms with E-state index < -0.39 is 5.97 Å². The fourth-order valence-electron chi connectivity index (χ4n) is 4.07. The van der Waals surface area contributed by atoms with Crippen LogP contribution in [0.5, 0.6) is 0 Å². The van der Waals surface area contributed by atoms with E-state index in [-0.39, 0.29) is 47.9 Å². The van der Waals surface area contributed by atoms with Gasteiger partial charge in [-0.25, -0.2) is 19.6 Å². The summed E-state index contributed by atoms with van der Waals surface area (Å²) in [5.74, 6) is 0.520. The van der Waals surface area contributed by atoms with E-state index in [9.17, 15) is 9.59 Å². The third-order valence-corrected chi connectivity index (χ3v) is 7.15. The number of ether oxygens (including phenoxy) is 1. The number of nitrogens with zero attached hydrogens (tertiary/aromatic N) is 2. The van der Waals surface area contributed by atoms with Crippen molar-refractivity contribution in [2.45, 2.75) is 53.6 Å².